The molecule has 0 amide bonds. The SMILES string of the molecule is Cc1ccc(N2CCN(S(=O)(=O)Cc3ccccc3[N+](=O)[O-])CC2C)cc1. The Morgan fingerprint density at radius 3 is 2.41 bits per heavy atom. The van der Waals surface area contributed by atoms with Gasteiger partial charge in [0, 0.05) is 43.0 Å². The van der Waals surface area contributed by atoms with Crippen LogP contribution in [0, 0.1) is 17.0 Å². The Morgan fingerprint density at radius 1 is 1.11 bits per heavy atom. The zero-order valence-corrected chi connectivity index (χ0v) is 16.2. The molecule has 1 aliphatic heterocycles. The van der Waals surface area contributed by atoms with E-state index in [0.717, 1.165) is 5.69 Å². The van der Waals surface area contributed by atoms with Gasteiger partial charge in [0.25, 0.3) is 5.69 Å². The molecule has 1 atom stereocenters. The molecule has 1 unspecified atom stereocenters. The maximum absolute atomic E-state index is 12.8. The molecule has 27 heavy (non-hydrogen) atoms. The average Bonchev–Trinajstić information content (AvgIpc) is 2.62. The quantitative estimate of drug-likeness (QED) is 0.580. The van der Waals surface area contributed by atoms with Gasteiger partial charge in [-0.25, -0.2) is 8.42 Å². The third kappa shape index (κ3) is 4.28. The van der Waals surface area contributed by atoms with Crippen molar-refractivity contribution in [1.29, 1.82) is 0 Å². The van der Waals surface area contributed by atoms with Crippen molar-refractivity contribution in [3.8, 4) is 0 Å². The van der Waals surface area contributed by atoms with Gasteiger partial charge in [0.1, 0.15) is 0 Å². The predicted molar refractivity (Wildman–Crippen MR) is 105 cm³/mol. The second-order valence-electron chi connectivity index (χ2n) is 6.88. The van der Waals surface area contributed by atoms with Crippen LogP contribution in [0.4, 0.5) is 11.4 Å². The van der Waals surface area contributed by atoms with Gasteiger partial charge >= 0.3 is 0 Å². The van der Waals surface area contributed by atoms with E-state index in [0.29, 0.717) is 19.6 Å². The summed E-state index contributed by atoms with van der Waals surface area (Å²) in [5.74, 6) is -0.360. The van der Waals surface area contributed by atoms with Crippen LogP contribution in [0.15, 0.2) is 48.5 Å². The molecule has 3 rings (SSSR count). The van der Waals surface area contributed by atoms with E-state index in [1.54, 1.807) is 6.07 Å². The lowest BCUT2D eigenvalue weighted by Gasteiger charge is -2.40. The molecule has 0 aromatic heterocycles. The third-order valence-corrected chi connectivity index (χ3v) is 6.67. The molecule has 1 aliphatic rings. The zero-order chi connectivity index (χ0) is 19.6. The van der Waals surface area contributed by atoms with Gasteiger partial charge in [0.15, 0.2) is 0 Å². The fourth-order valence-electron chi connectivity index (χ4n) is 3.40. The molecule has 1 heterocycles. The molecule has 2 aromatic carbocycles. The number of rotatable bonds is 5. The van der Waals surface area contributed by atoms with Crippen LogP contribution in [0.3, 0.4) is 0 Å². The van der Waals surface area contributed by atoms with Crippen molar-refractivity contribution in [3.63, 3.8) is 0 Å². The van der Waals surface area contributed by atoms with E-state index in [1.165, 1.54) is 28.1 Å². The van der Waals surface area contributed by atoms with Crippen molar-refractivity contribution < 1.29 is 13.3 Å². The topological polar surface area (TPSA) is 83.8 Å². The van der Waals surface area contributed by atoms with Crippen LogP contribution in [0.5, 0.6) is 0 Å². The van der Waals surface area contributed by atoms with Gasteiger partial charge < -0.3 is 4.90 Å². The highest BCUT2D eigenvalue weighted by Crippen LogP contribution is 2.25. The fraction of sp³-hybridized carbons (Fsp3) is 0.368. The van der Waals surface area contributed by atoms with Gasteiger partial charge in [-0.15, -0.1) is 0 Å². The Balaban J connectivity index is 1.74. The molecule has 7 nitrogen and oxygen atoms in total. The highest BCUT2D eigenvalue weighted by atomic mass is 32.2. The molecule has 0 bridgehead atoms. The van der Waals surface area contributed by atoms with Crippen LogP contribution in [0.25, 0.3) is 0 Å². The van der Waals surface area contributed by atoms with E-state index in [4.69, 9.17) is 0 Å². The lowest BCUT2D eigenvalue weighted by molar-refractivity contribution is -0.385. The minimum atomic E-state index is -3.64. The summed E-state index contributed by atoms with van der Waals surface area (Å²) in [5, 5.41) is 11.2. The first-order chi connectivity index (χ1) is 12.8. The standard InChI is InChI=1S/C19H23N3O4S/c1-15-7-9-18(10-8-15)21-12-11-20(13-16(21)2)27(25,26)14-17-5-3-4-6-19(17)22(23)24/h3-10,16H,11-14H2,1-2H3. The number of nitrogens with zero attached hydrogens (tertiary/aromatic N) is 3. The van der Waals surface area contributed by atoms with E-state index in [1.807, 2.05) is 38.1 Å². The minimum Gasteiger partial charge on any atom is -0.366 e. The smallest absolute Gasteiger partial charge is 0.273 e. The predicted octanol–water partition coefficient (Wildman–Crippen LogP) is 2.94. The van der Waals surface area contributed by atoms with Crippen molar-refractivity contribution >= 4 is 21.4 Å². The molecule has 0 saturated carbocycles. The highest BCUT2D eigenvalue weighted by Gasteiger charge is 2.32. The second kappa shape index (κ2) is 7.66. The molecule has 2 aromatic rings. The van der Waals surface area contributed by atoms with Gasteiger partial charge in [-0.1, -0.05) is 35.9 Å². The number of hydrogen-bond acceptors (Lipinski definition) is 5. The Bertz CT molecular complexity index is 928. The Hall–Kier alpha value is -2.45. The van der Waals surface area contributed by atoms with Gasteiger partial charge in [-0.2, -0.15) is 4.31 Å². The molecule has 0 radical (unpaired) electrons. The largest absolute Gasteiger partial charge is 0.366 e. The highest BCUT2D eigenvalue weighted by molar-refractivity contribution is 7.88. The minimum absolute atomic E-state index is 0.0157. The molecule has 0 N–H and O–H groups in total. The van der Waals surface area contributed by atoms with Gasteiger partial charge in [0.05, 0.1) is 10.7 Å². The lowest BCUT2D eigenvalue weighted by atomic mass is 10.1. The number of nitro benzene ring substituents is 1. The van der Waals surface area contributed by atoms with E-state index in [2.05, 4.69) is 4.90 Å². The summed E-state index contributed by atoms with van der Waals surface area (Å²) in [7, 11) is -3.64. The summed E-state index contributed by atoms with van der Waals surface area (Å²) in [6, 6.07) is 14.2. The average molecular weight is 389 g/mol. The zero-order valence-electron chi connectivity index (χ0n) is 15.4. The molecule has 0 aliphatic carbocycles. The van der Waals surface area contributed by atoms with Gasteiger partial charge in [0.2, 0.25) is 10.0 Å². The molecule has 8 heteroatoms. The molecular formula is C19H23N3O4S. The number of sulfonamides is 1. The van der Waals surface area contributed by atoms with Crippen LogP contribution in [-0.2, 0) is 15.8 Å². The van der Waals surface area contributed by atoms with Crippen LogP contribution >= 0.6 is 0 Å². The maximum Gasteiger partial charge on any atom is 0.273 e. The number of anilines is 1. The van der Waals surface area contributed by atoms with E-state index in [9.17, 15) is 18.5 Å². The number of piperazine rings is 1. The monoisotopic (exact) mass is 389 g/mol. The lowest BCUT2D eigenvalue weighted by Crippen LogP contribution is -2.53. The second-order valence-corrected chi connectivity index (χ2v) is 8.85. The van der Waals surface area contributed by atoms with Crippen LogP contribution in [0.1, 0.15) is 18.1 Å². The number of hydrogen-bond donors (Lipinski definition) is 0. The van der Waals surface area contributed by atoms with Crippen molar-refractivity contribution in [1.82, 2.24) is 4.31 Å². The van der Waals surface area contributed by atoms with Crippen LogP contribution < -0.4 is 4.90 Å². The van der Waals surface area contributed by atoms with Crippen molar-refractivity contribution in [2.75, 3.05) is 24.5 Å². The maximum atomic E-state index is 12.8. The summed E-state index contributed by atoms with van der Waals surface area (Å²) in [6.07, 6.45) is 0. The number of nitro groups is 1. The van der Waals surface area contributed by atoms with Crippen molar-refractivity contribution in [2.45, 2.75) is 25.6 Å². The first kappa shape index (κ1) is 19.3. The fourth-order valence-corrected chi connectivity index (χ4v) is 5.02. The molecule has 144 valence electrons. The third-order valence-electron chi connectivity index (χ3n) is 4.88. The Morgan fingerprint density at radius 2 is 1.78 bits per heavy atom. The number of para-hydroxylation sites is 1. The van der Waals surface area contributed by atoms with Gasteiger partial charge in [-0.05, 0) is 26.0 Å². The summed E-state index contributed by atoms with van der Waals surface area (Å²) in [6.45, 7) is 5.32. The molecular weight excluding hydrogens is 366 g/mol. The van der Waals surface area contributed by atoms with Crippen LogP contribution in [0.2, 0.25) is 0 Å². The number of aryl methyl sites for hydroxylation is 1. The number of benzene rings is 2. The summed E-state index contributed by atoms with van der Waals surface area (Å²) in [5.41, 5.74) is 2.31. The van der Waals surface area contributed by atoms with E-state index in [-0.39, 0.29) is 23.0 Å². The normalized spacial score (nSPS) is 18.4. The van der Waals surface area contributed by atoms with Crippen molar-refractivity contribution in [3.05, 3.63) is 69.8 Å². The first-order valence-corrected chi connectivity index (χ1v) is 10.4. The van der Waals surface area contributed by atoms with Crippen molar-refractivity contribution in [2.24, 2.45) is 0 Å². The Labute approximate surface area is 159 Å². The summed E-state index contributed by atoms with van der Waals surface area (Å²) >= 11 is 0. The first-order valence-electron chi connectivity index (χ1n) is 8.81. The summed E-state index contributed by atoms with van der Waals surface area (Å²) in [4.78, 5) is 12.8. The molecule has 1 saturated heterocycles. The Kier molecular flexibility index (Phi) is 5.48. The summed E-state index contributed by atoms with van der Waals surface area (Å²) < 4.78 is 27.1. The van der Waals surface area contributed by atoms with E-state index < -0.39 is 14.9 Å². The molecule has 0 spiro atoms. The van der Waals surface area contributed by atoms with Crippen LogP contribution in [-0.4, -0.2) is 43.3 Å². The van der Waals surface area contributed by atoms with Gasteiger partial charge in [-0.3, -0.25) is 10.1 Å². The van der Waals surface area contributed by atoms with E-state index >= 15 is 0 Å². The molecule has 1 fully saturated rings.